The Morgan fingerprint density at radius 2 is 2.15 bits per heavy atom. The van der Waals surface area contributed by atoms with Crippen LogP contribution in [0.4, 0.5) is 0 Å². The van der Waals surface area contributed by atoms with Gasteiger partial charge >= 0.3 is 0 Å². The second-order valence-corrected chi connectivity index (χ2v) is 5.65. The number of aryl methyl sites for hydroxylation is 1. The molecule has 0 fully saturated rings. The van der Waals surface area contributed by atoms with Crippen molar-refractivity contribution in [3.63, 3.8) is 0 Å². The predicted molar refractivity (Wildman–Crippen MR) is 83.3 cm³/mol. The third kappa shape index (κ3) is 3.61. The lowest BCUT2D eigenvalue weighted by Crippen LogP contribution is -2.19. The highest BCUT2D eigenvalue weighted by atomic mass is 14.9. The minimum absolute atomic E-state index is 0.620. The summed E-state index contributed by atoms with van der Waals surface area (Å²) in [5.74, 6) is 0.671. The van der Waals surface area contributed by atoms with E-state index in [0.29, 0.717) is 12.3 Å². The maximum atomic E-state index is 8.63. The molecule has 0 amide bonds. The van der Waals surface area contributed by atoms with Gasteiger partial charge in [-0.05, 0) is 36.6 Å². The van der Waals surface area contributed by atoms with E-state index < -0.39 is 0 Å². The van der Waals surface area contributed by atoms with Crippen molar-refractivity contribution in [1.29, 1.82) is 5.26 Å². The number of unbranched alkanes of at least 4 members (excludes halogenated alkanes) is 1. The molecule has 0 unspecified atom stereocenters. The molecule has 1 aromatic carbocycles. The second-order valence-electron chi connectivity index (χ2n) is 5.65. The molecule has 20 heavy (non-hydrogen) atoms. The number of aromatic nitrogens is 1. The molecular weight excluding hydrogens is 246 g/mol. The van der Waals surface area contributed by atoms with Crippen molar-refractivity contribution in [3.05, 3.63) is 36.0 Å². The zero-order valence-corrected chi connectivity index (χ0v) is 12.4. The normalized spacial score (nSPS) is 11.1. The number of nitrogens with zero attached hydrogens (tertiary/aromatic N) is 2. The van der Waals surface area contributed by atoms with Crippen molar-refractivity contribution >= 4 is 10.9 Å². The van der Waals surface area contributed by atoms with Crippen molar-refractivity contribution in [3.8, 4) is 6.07 Å². The monoisotopic (exact) mass is 269 g/mol. The molecule has 0 bridgehead atoms. The molecule has 0 saturated carbocycles. The van der Waals surface area contributed by atoms with Crippen LogP contribution < -0.4 is 5.32 Å². The standard InChI is InChI=1S/C17H23N3/c1-14(2)12-19-13-15-6-5-7-17-16(15)8-11-20(17)10-4-3-9-18/h5-8,11,14,19H,3-4,10,12-13H2,1-2H3. The first-order valence-electron chi connectivity index (χ1n) is 7.36. The first kappa shape index (κ1) is 14.6. The van der Waals surface area contributed by atoms with E-state index >= 15 is 0 Å². The minimum atomic E-state index is 0.620. The second kappa shape index (κ2) is 7.12. The van der Waals surface area contributed by atoms with Gasteiger partial charge in [-0.15, -0.1) is 0 Å². The molecular formula is C17H23N3. The van der Waals surface area contributed by atoms with Gasteiger partial charge in [-0.1, -0.05) is 26.0 Å². The Bertz CT molecular complexity index is 590. The molecule has 0 radical (unpaired) electrons. The van der Waals surface area contributed by atoms with Crippen molar-refractivity contribution < 1.29 is 0 Å². The molecule has 0 saturated heterocycles. The summed E-state index contributed by atoms with van der Waals surface area (Å²) in [6, 6.07) is 10.9. The zero-order chi connectivity index (χ0) is 14.4. The summed E-state index contributed by atoms with van der Waals surface area (Å²) in [6.45, 7) is 7.31. The molecule has 2 aromatic rings. The van der Waals surface area contributed by atoms with Crippen molar-refractivity contribution in [2.75, 3.05) is 6.54 Å². The van der Waals surface area contributed by atoms with E-state index in [-0.39, 0.29) is 0 Å². The molecule has 0 aliphatic carbocycles. The van der Waals surface area contributed by atoms with Crippen LogP contribution in [0.15, 0.2) is 30.5 Å². The van der Waals surface area contributed by atoms with Gasteiger partial charge in [-0.2, -0.15) is 5.26 Å². The van der Waals surface area contributed by atoms with Crippen LogP contribution >= 0.6 is 0 Å². The Morgan fingerprint density at radius 3 is 2.90 bits per heavy atom. The first-order valence-corrected chi connectivity index (χ1v) is 7.36. The molecule has 0 aliphatic heterocycles. The van der Waals surface area contributed by atoms with E-state index in [0.717, 1.165) is 26.1 Å². The summed E-state index contributed by atoms with van der Waals surface area (Å²) in [6.07, 6.45) is 3.67. The summed E-state index contributed by atoms with van der Waals surface area (Å²) < 4.78 is 2.25. The van der Waals surface area contributed by atoms with Crippen LogP contribution in [0.3, 0.4) is 0 Å². The van der Waals surface area contributed by atoms with Crippen molar-refractivity contribution in [1.82, 2.24) is 9.88 Å². The number of nitrogens with one attached hydrogen (secondary N) is 1. The molecule has 0 aliphatic rings. The molecule has 0 spiro atoms. The first-order chi connectivity index (χ1) is 9.72. The average Bonchev–Trinajstić information content (AvgIpc) is 2.83. The topological polar surface area (TPSA) is 40.8 Å². The minimum Gasteiger partial charge on any atom is -0.347 e. The van der Waals surface area contributed by atoms with Gasteiger partial charge in [0.25, 0.3) is 0 Å². The largest absolute Gasteiger partial charge is 0.347 e. The van der Waals surface area contributed by atoms with Gasteiger partial charge in [0, 0.05) is 36.6 Å². The van der Waals surface area contributed by atoms with Gasteiger partial charge in [0.2, 0.25) is 0 Å². The number of nitriles is 1. The Kier molecular flexibility index (Phi) is 5.20. The van der Waals surface area contributed by atoms with E-state index in [1.54, 1.807) is 0 Å². The molecule has 1 N–H and O–H groups in total. The van der Waals surface area contributed by atoms with Gasteiger partial charge < -0.3 is 9.88 Å². The maximum absolute atomic E-state index is 8.63. The SMILES string of the molecule is CC(C)CNCc1cccc2c1ccn2CCCC#N. The Balaban J connectivity index is 2.11. The van der Waals surface area contributed by atoms with Crippen molar-refractivity contribution in [2.24, 2.45) is 5.92 Å². The van der Waals surface area contributed by atoms with Gasteiger partial charge in [-0.3, -0.25) is 0 Å². The van der Waals surface area contributed by atoms with Crippen molar-refractivity contribution in [2.45, 2.75) is 39.8 Å². The fourth-order valence-electron chi connectivity index (χ4n) is 2.46. The van der Waals surface area contributed by atoms with E-state index in [2.05, 4.69) is 60.3 Å². The highest BCUT2D eigenvalue weighted by Gasteiger charge is 2.05. The van der Waals surface area contributed by atoms with Crippen LogP contribution in [0, 0.1) is 17.2 Å². The summed E-state index contributed by atoms with van der Waals surface area (Å²) in [5.41, 5.74) is 2.62. The molecule has 3 nitrogen and oxygen atoms in total. The van der Waals surface area contributed by atoms with Gasteiger partial charge in [0.15, 0.2) is 0 Å². The Hall–Kier alpha value is -1.79. The number of rotatable bonds is 7. The Morgan fingerprint density at radius 1 is 1.30 bits per heavy atom. The molecule has 3 heteroatoms. The van der Waals surface area contributed by atoms with Gasteiger partial charge in [0.1, 0.15) is 0 Å². The third-order valence-corrected chi connectivity index (χ3v) is 3.46. The van der Waals surface area contributed by atoms with Crippen LogP contribution in [0.5, 0.6) is 0 Å². The number of fused-ring (bicyclic) bond motifs is 1. The van der Waals surface area contributed by atoms with E-state index in [4.69, 9.17) is 5.26 Å². The fourth-order valence-corrected chi connectivity index (χ4v) is 2.46. The van der Waals surface area contributed by atoms with Crippen LogP contribution in [-0.4, -0.2) is 11.1 Å². The van der Waals surface area contributed by atoms with Gasteiger partial charge in [0.05, 0.1) is 6.07 Å². The summed E-state index contributed by atoms with van der Waals surface area (Å²) in [4.78, 5) is 0. The highest BCUT2D eigenvalue weighted by Crippen LogP contribution is 2.20. The summed E-state index contributed by atoms with van der Waals surface area (Å²) >= 11 is 0. The highest BCUT2D eigenvalue weighted by molar-refractivity contribution is 5.83. The lowest BCUT2D eigenvalue weighted by molar-refractivity contribution is 0.553. The fraction of sp³-hybridized carbons (Fsp3) is 0.471. The predicted octanol–water partition coefficient (Wildman–Crippen LogP) is 3.69. The number of benzene rings is 1. The molecule has 2 rings (SSSR count). The summed E-state index contributed by atoms with van der Waals surface area (Å²) in [5, 5.41) is 13.4. The van der Waals surface area contributed by atoms with E-state index in [1.807, 2.05) is 0 Å². The lowest BCUT2D eigenvalue weighted by Gasteiger charge is -2.09. The molecule has 0 atom stereocenters. The van der Waals surface area contributed by atoms with Crippen LogP contribution in [0.1, 0.15) is 32.3 Å². The Labute approximate surface area is 121 Å². The lowest BCUT2D eigenvalue weighted by atomic mass is 10.1. The van der Waals surface area contributed by atoms with Crippen LogP contribution in [-0.2, 0) is 13.1 Å². The third-order valence-electron chi connectivity index (χ3n) is 3.46. The van der Waals surface area contributed by atoms with Gasteiger partial charge in [-0.25, -0.2) is 0 Å². The van der Waals surface area contributed by atoms with Crippen LogP contribution in [0.2, 0.25) is 0 Å². The zero-order valence-electron chi connectivity index (χ0n) is 12.4. The smallest absolute Gasteiger partial charge is 0.0622 e. The molecule has 1 aromatic heterocycles. The van der Waals surface area contributed by atoms with Crippen LogP contribution in [0.25, 0.3) is 10.9 Å². The quantitative estimate of drug-likeness (QED) is 0.779. The molecule has 1 heterocycles. The van der Waals surface area contributed by atoms with E-state index in [9.17, 15) is 0 Å². The number of hydrogen-bond acceptors (Lipinski definition) is 2. The molecule has 106 valence electrons. The van der Waals surface area contributed by atoms with E-state index in [1.165, 1.54) is 16.5 Å². The maximum Gasteiger partial charge on any atom is 0.0622 e. The number of hydrogen-bond donors (Lipinski definition) is 1. The average molecular weight is 269 g/mol. The summed E-state index contributed by atoms with van der Waals surface area (Å²) in [7, 11) is 0.